The summed E-state index contributed by atoms with van der Waals surface area (Å²) < 4.78 is 13.7. The highest BCUT2D eigenvalue weighted by molar-refractivity contribution is 5.88. The first-order valence-corrected chi connectivity index (χ1v) is 10.3. The largest absolute Gasteiger partial charge is 0.378 e. The highest BCUT2D eigenvalue weighted by atomic mass is 16.5. The second-order valence-corrected chi connectivity index (χ2v) is 8.26. The fourth-order valence-electron chi connectivity index (χ4n) is 4.32. The van der Waals surface area contributed by atoms with Crippen LogP contribution in [0.4, 0.5) is 5.82 Å². The van der Waals surface area contributed by atoms with Gasteiger partial charge in [0, 0.05) is 30.6 Å². The molecule has 0 atom stereocenters. The number of nitrogens with one attached hydrogen (secondary N) is 1. The first-order valence-electron chi connectivity index (χ1n) is 10.3. The minimum Gasteiger partial charge on any atom is -0.378 e. The van der Waals surface area contributed by atoms with E-state index in [1.807, 2.05) is 18.3 Å². The third-order valence-electron chi connectivity index (χ3n) is 5.90. The first kappa shape index (κ1) is 17.8. The zero-order valence-electron chi connectivity index (χ0n) is 17.1. The molecule has 4 aromatic rings. The average Bonchev–Trinajstić information content (AvgIpc) is 3.38. The molecule has 2 aliphatic rings. The van der Waals surface area contributed by atoms with E-state index < -0.39 is 5.60 Å². The van der Waals surface area contributed by atoms with Crippen LogP contribution in [-0.2, 0) is 21.6 Å². The predicted molar refractivity (Wildman–Crippen MR) is 112 cm³/mol. The van der Waals surface area contributed by atoms with Crippen LogP contribution in [0.5, 0.6) is 0 Å². The molecule has 30 heavy (non-hydrogen) atoms. The number of anilines is 1. The Labute approximate surface area is 173 Å². The Kier molecular flexibility index (Phi) is 3.84. The van der Waals surface area contributed by atoms with Crippen LogP contribution in [0.3, 0.4) is 0 Å². The number of rotatable bonds is 2. The van der Waals surface area contributed by atoms with E-state index >= 15 is 0 Å². The van der Waals surface area contributed by atoms with Gasteiger partial charge in [0.25, 0.3) is 0 Å². The van der Waals surface area contributed by atoms with Gasteiger partial charge in [-0.2, -0.15) is 5.10 Å². The molecule has 5 heterocycles. The van der Waals surface area contributed by atoms with Crippen molar-refractivity contribution >= 4 is 27.9 Å². The highest BCUT2D eigenvalue weighted by Crippen LogP contribution is 2.35. The number of morpholine rings is 1. The lowest BCUT2D eigenvalue weighted by Crippen LogP contribution is -2.37. The molecule has 6 rings (SSSR count). The number of nitrogens with zero attached hydrogens (tertiary/aromatic N) is 6. The molecule has 1 N–H and O–H groups in total. The second-order valence-electron chi connectivity index (χ2n) is 8.26. The fourth-order valence-corrected chi connectivity index (χ4v) is 4.32. The highest BCUT2D eigenvalue weighted by Gasteiger charge is 2.34. The van der Waals surface area contributed by atoms with Gasteiger partial charge in [-0.05, 0) is 32.0 Å². The van der Waals surface area contributed by atoms with Crippen LogP contribution in [0.25, 0.3) is 33.5 Å². The van der Waals surface area contributed by atoms with Crippen molar-refractivity contribution in [3.63, 3.8) is 0 Å². The van der Waals surface area contributed by atoms with Gasteiger partial charge < -0.3 is 18.9 Å². The monoisotopic (exact) mass is 405 g/mol. The van der Waals surface area contributed by atoms with E-state index in [4.69, 9.17) is 24.4 Å². The number of hydrogen-bond acceptors (Lipinski definition) is 7. The molecule has 9 heteroatoms. The van der Waals surface area contributed by atoms with Gasteiger partial charge in [-0.3, -0.25) is 5.10 Å². The zero-order chi connectivity index (χ0) is 20.3. The summed E-state index contributed by atoms with van der Waals surface area (Å²) in [5.41, 5.74) is 3.19. The summed E-state index contributed by atoms with van der Waals surface area (Å²) in [4.78, 5) is 17.2. The first-order chi connectivity index (χ1) is 14.6. The molecular formula is C21H23N7O2. The van der Waals surface area contributed by atoms with Gasteiger partial charge in [0.05, 0.1) is 31.5 Å². The van der Waals surface area contributed by atoms with Gasteiger partial charge >= 0.3 is 0 Å². The van der Waals surface area contributed by atoms with Crippen molar-refractivity contribution in [1.82, 2.24) is 29.7 Å². The number of H-pyrrole nitrogens is 1. The maximum atomic E-state index is 5.99. The Morgan fingerprint density at radius 2 is 1.90 bits per heavy atom. The van der Waals surface area contributed by atoms with Gasteiger partial charge in [-0.15, -0.1) is 0 Å². The summed E-state index contributed by atoms with van der Waals surface area (Å²) in [7, 11) is 0. The molecular weight excluding hydrogens is 382 g/mol. The number of aromatic amines is 1. The molecule has 9 nitrogen and oxygen atoms in total. The van der Waals surface area contributed by atoms with Crippen molar-refractivity contribution in [3.8, 4) is 11.4 Å². The molecule has 2 aliphatic heterocycles. The van der Waals surface area contributed by atoms with E-state index in [2.05, 4.69) is 39.6 Å². The standard InChI is InChI=1S/C21H23N7O2/c1-21(2)20-23-16-18(27-5-8-29-9-6-27)24-17(25-19(16)28(20)7-10-30-21)13-3-4-15-14(11-13)12-22-26-15/h3-4,11-12H,5-10H2,1-2H3,(H,22,26). The topological polar surface area (TPSA) is 94.0 Å². The molecule has 0 spiro atoms. The van der Waals surface area contributed by atoms with Crippen molar-refractivity contribution < 1.29 is 9.47 Å². The van der Waals surface area contributed by atoms with Crippen LogP contribution in [0.2, 0.25) is 0 Å². The third-order valence-corrected chi connectivity index (χ3v) is 5.90. The van der Waals surface area contributed by atoms with Crippen molar-refractivity contribution in [3.05, 3.63) is 30.2 Å². The molecule has 154 valence electrons. The number of hydrogen-bond donors (Lipinski definition) is 1. The van der Waals surface area contributed by atoms with E-state index in [1.54, 1.807) is 0 Å². The predicted octanol–water partition coefficient (Wildman–Crippen LogP) is 2.47. The molecule has 0 saturated carbocycles. The number of ether oxygens (including phenoxy) is 2. The lowest BCUT2D eigenvalue weighted by molar-refractivity contribution is -0.0530. The van der Waals surface area contributed by atoms with Gasteiger partial charge in [-0.25, -0.2) is 15.0 Å². The molecule has 0 radical (unpaired) electrons. The number of benzene rings is 1. The number of aromatic nitrogens is 6. The quantitative estimate of drug-likeness (QED) is 0.547. The van der Waals surface area contributed by atoms with Crippen molar-refractivity contribution in [1.29, 1.82) is 0 Å². The lowest BCUT2D eigenvalue weighted by Gasteiger charge is -2.30. The van der Waals surface area contributed by atoms with Crippen molar-refractivity contribution in [2.45, 2.75) is 26.0 Å². The van der Waals surface area contributed by atoms with Crippen molar-refractivity contribution in [2.75, 3.05) is 37.8 Å². The molecule has 1 saturated heterocycles. The second kappa shape index (κ2) is 6.48. The van der Waals surface area contributed by atoms with E-state index in [9.17, 15) is 0 Å². The van der Waals surface area contributed by atoms with E-state index in [0.29, 0.717) is 25.6 Å². The number of fused-ring (bicyclic) bond motifs is 4. The maximum absolute atomic E-state index is 5.99. The smallest absolute Gasteiger partial charge is 0.166 e. The van der Waals surface area contributed by atoms with E-state index in [1.165, 1.54) is 0 Å². The molecule has 3 aromatic heterocycles. The van der Waals surface area contributed by atoms with Gasteiger partial charge in [0.2, 0.25) is 0 Å². The van der Waals surface area contributed by atoms with Crippen molar-refractivity contribution in [2.24, 2.45) is 0 Å². The molecule has 0 amide bonds. The Morgan fingerprint density at radius 3 is 2.77 bits per heavy atom. The van der Waals surface area contributed by atoms with Crippen LogP contribution in [0.15, 0.2) is 24.4 Å². The van der Waals surface area contributed by atoms with Gasteiger partial charge in [0.1, 0.15) is 11.4 Å². The minimum atomic E-state index is -0.461. The normalized spacial score (nSPS) is 18.8. The average molecular weight is 405 g/mol. The maximum Gasteiger partial charge on any atom is 0.166 e. The van der Waals surface area contributed by atoms with Crippen LogP contribution in [-0.4, -0.2) is 62.6 Å². The summed E-state index contributed by atoms with van der Waals surface area (Å²) >= 11 is 0. The summed E-state index contributed by atoms with van der Waals surface area (Å²) in [5.74, 6) is 2.46. The summed E-state index contributed by atoms with van der Waals surface area (Å²) in [6.07, 6.45) is 1.82. The van der Waals surface area contributed by atoms with Crippen LogP contribution < -0.4 is 4.90 Å². The Bertz CT molecular complexity index is 1250. The molecule has 1 fully saturated rings. The third kappa shape index (κ3) is 2.69. The number of imidazole rings is 1. The lowest BCUT2D eigenvalue weighted by atomic mass is 10.1. The van der Waals surface area contributed by atoms with Crippen LogP contribution >= 0.6 is 0 Å². The Balaban J connectivity index is 1.60. The summed E-state index contributed by atoms with van der Waals surface area (Å²) in [6.45, 7) is 8.42. The molecule has 0 aliphatic carbocycles. The molecule has 0 bridgehead atoms. The molecule has 0 unspecified atom stereocenters. The summed E-state index contributed by atoms with van der Waals surface area (Å²) in [5, 5.41) is 8.16. The van der Waals surface area contributed by atoms with Gasteiger partial charge in [0.15, 0.2) is 22.8 Å². The fraction of sp³-hybridized carbons (Fsp3) is 0.429. The molecule has 1 aromatic carbocycles. The Hall–Kier alpha value is -3.04. The van der Waals surface area contributed by atoms with Crippen LogP contribution in [0.1, 0.15) is 19.7 Å². The Morgan fingerprint density at radius 1 is 1.03 bits per heavy atom. The van der Waals surface area contributed by atoms with E-state index in [-0.39, 0.29) is 0 Å². The van der Waals surface area contributed by atoms with Gasteiger partial charge in [-0.1, -0.05) is 0 Å². The summed E-state index contributed by atoms with van der Waals surface area (Å²) in [6, 6.07) is 6.12. The van der Waals surface area contributed by atoms with Crippen LogP contribution in [0, 0.1) is 0 Å². The zero-order valence-corrected chi connectivity index (χ0v) is 17.1. The van der Waals surface area contributed by atoms with E-state index in [0.717, 1.165) is 58.9 Å². The minimum absolute atomic E-state index is 0.461. The SMILES string of the molecule is CC1(C)OCCn2c1nc1c(N3CCOCC3)nc(-c3ccc4[nH]ncc4c3)nc12.